The maximum absolute atomic E-state index is 15.9. The first-order valence-corrected chi connectivity index (χ1v) is 23.6. The van der Waals surface area contributed by atoms with Crippen molar-refractivity contribution in [2.75, 3.05) is 26.9 Å². The average Bonchev–Trinajstić information content (AvgIpc) is 3.84. The summed E-state index contributed by atoms with van der Waals surface area (Å²) in [6, 6.07) is 13.7. The number of ether oxygens (including phenoxy) is 5. The lowest BCUT2D eigenvalue weighted by atomic mass is 9.62. The van der Waals surface area contributed by atoms with Crippen LogP contribution in [0.4, 0.5) is 0 Å². The van der Waals surface area contributed by atoms with Crippen molar-refractivity contribution in [2.24, 2.45) is 5.41 Å². The number of carbonyl (C=O) groups excluding carboxylic acids is 4. The highest BCUT2D eigenvalue weighted by Crippen LogP contribution is 2.58. The molecule has 15 heteroatoms. The van der Waals surface area contributed by atoms with E-state index >= 15 is 4.79 Å². The molecule has 6 rings (SSSR count). The molecular weight excluding hydrogens is 835 g/mol. The van der Waals surface area contributed by atoms with Crippen LogP contribution in [-0.2, 0) is 60.7 Å². The van der Waals surface area contributed by atoms with Gasteiger partial charge < -0.3 is 44.1 Å². The van der Waals surface area contributed by atoms with Crippen molar-refractivity contribution >= 4 is 29.8 Å². The van der Waals surface area contributed by atoms with Crippen LogP contribution in [0.2, 0.25) is 0 Å². The smallest absolute Gasteiger partial charge is 0.327 e. The summed E-state index contributed by atoms with van der Waals surface area (Å²) >= 11 is 0. The second-order valence-corrected chi connectivity index (χ2v) is 18.9. The first-order valence-electron chi connectivity index (χ1n) is 23.6. The Balaban J connectivity index is 1.38. The maximum atomic E-state index is 15.9. The number of hydrogen-bond donors (Lipinski definition) is 3. The van der Waals surface area contributed by atoms with Crippen LogP contribution in [0.5, 0.6) is 0 Å². The molecule has 2 amide bonds. The van der Waals surface area contributed by atoms with Gasteiger partial charge in [0.1, 0.15) is 48.1 Å². The van der Waals surface area contributed by atoms with Crippen LogP contribution in [0.15, 0.2) is 60.9 Å². The van der Waals surface area contributed by atoms with Crippen molar-refractivity contribution < 1.29 is 57.9 Å². The lowest BCUT2D eigenvalue weighted by Crippen LogP contribution is -2.70. The summed E-state index contributed by atoms with van der Waals surface area (Å²) < 4.78 is 31.3. The molecule has 3 saturated heterocycles. The van der Waals surface area contributed by atoms with Crippen LogP contribution in [0.3, 0.4) is 0 Å². The Labute approximate surface area is 384 Å². The van der Waals surface area contributed by atoms with Gasteiger partial charge in [-0.05, 0) is 62.8 Å². The molecule has 15 nitrogen and oxygen atoms in total. The average molecular weight is 906 g/mol. The van der Waals surface area contributed by atoms with Crippen LogP contribution < -0.4 is 5.32 Å². The fourth-order valence-corrected chi connectivity index (χ4v) is 9.83. The van der Waals surface area contributed by atoms with Crippen molar-refractivity contribution in [3.05, 3.63) is 77.5 Å². The van der Waals surface area contributed by atoms with Crippen LogP contribution >= 0.6 is 0 Å². The lowest BCUT2D eigenvalue weighted by Gasteiger charge is -2.50. The van der Waals surface area contributed by atoms with Gasteiger partial charge in [-0.25, -0.2) is 0 Å². The summed E-state index contributed by atoms with van der Waals surface area (Å²) in [4.78, 5) is 66.1. The second kappa shape index (κ2) is 22.4. The molecule has 8 atom stereocenters. The monoisotopic (exact) mass is 906 g/mol. The third-order valence-electron chi connectivity index (χ3n) is 13.0. The van der Waals surface area contributed by atoms with Gasteiger partial charge >= 0.3 is 11.9 Å². The van der Waals surface area contributed by atoms with Gasteiger partial charge in [0.15, 0.2) is 11.8 Å². The SMILES string of the molecule is CCCCCC1(CCCCC)OC2C3CC4(C(=O)N(C)C(Cc5ccccc5)C(=O)NC(CO)CCC(=O)OC(C)(C)C)C(ON(Cc5ccccc5C=COCCO)C4C(=O)O3)C2O1. The van der Waals surface area contributed by atoms with Gasteiger partial charge in [-0.3, -0.25) is 24.0 Å². The molecular formula is C50H71N3O12. The van der Waals surface area contributed by atoms with E-state index < -0.39 is 89.7 Å². The van der Waals surface area contributed by atoms with Gasteiger partial charge in [0.2, 0.25) is 11.8 Å². The standard InChI is InChI=1S/C50H71N3O12/c1-7-9-16-25-49(26-17-10-8-2)63-41-39-31-50(43(46(58)61-39)53(65-44(50)42(41)64-49)32-36-21-15-14-20-35(36)24-28-60-29-27-54)47(59)52(6)38(30-34-18-12-11-13-19-34)45(57)51-37(33-55)22-23-40(56)62-48(3,4)5/h11-15,18-21,24,28,37-39,41-44,54-55H,7-10,16-17,22-23,25-27,29-33H2,1-6H3,(H,51,57). The first-order chi connectivity index (χ1) is 31.2. The number of esters is 2. The molecule has 4 fully saturated rings. The Hall–Kier alpha value is -4.38. The zero-order chi connectivity index (χ0) is 46.8. The third-order valence-corrected chi connectivity index (χ3v) is 13.0. The van der Waals surface area contributed by atoms with Crippen molar-refractivity contribution in [3.8, 4) is 0 Å². The summed E-state index contributed by atoms with van der Waals surface area (Å²) in [7, 11) is 1.57. The Kier molecular flexibility index (Phi) is 17.3. The van der Waals surface area contributed by atoms with Crippen LogP contribution in [-0.4, -0.2) is 125 Å². The molecule has 0 spiro atoms. The van der Waals surface area contributed by atoms with E-state index in [2.05, 4.69) is 19.2 Å². The topological polar surface area (TPSA) is 183 Å². The van der Waals surface area contributed by atoms with E-state index in [0.717, 1.165) is 55.2 Å². The molecule has 2 bridgehead atoms. The van der Waals surface area contributed by atoms with Crippen molar-refractivity contribution in [3.63, 3.8) is 0 Å². The Morgan fingerprint density at radius 2 is 1.65 bits per heavy atom. The number of hydrogen-bond acceptors (Lipinski definition) is 13. The molecule has 358 valence electrons. The fourth-order valence-electron chi connectivity index (χ4n) is 9.83. The zero-order valence-electron chi connectivity index (χ0n) is 39.1. The van der Waals surface area contributed by atoms with E-state index in [9.17, 15) is 24.6 Å². The normalized spacial score (nSPS) is 25.4. The van der Waals surface area contributed by atoms with Gasteiger partial charge in [0, 0.05) is 39.2 Å². The van der Waals surface area contributed by atoms with Gasteiger partial charge in [0.05, 0.1) is 32.1 Å². The highest BCUT2D eigenvalue weighted by atomic mass is 16.8. The highest BCUT2D eigenvalue weighted by molar-refractivity contribution is 5.96. The van der Waals surface area contributed by atoms with Gasteiger partial charge in [-0.1, -0.05) is 94.1 Å². The van der Waals surface area contributed by atoms with E-state index in [0.29, 0.717) is 12.8 Å². The van der Waals surface area contributed by atoms with Crippen molar-refractivity contribution in [2.45, 2.75) is 172 Å². The summed E-state index contributed by atoms with van der Waals surface area (Å²) in [5.74, 6) is -3.07. The molecule has 65 heavy (non-hydrogen) atoms. The predicted octanol–water partition coefficient (Wildman–Crippen LogP) is 5.78. The number of aliphatic hydroxyl groups is 2. The van der Waals surface area contributed by atoms with E-state index in [1.807, 2.05) is 54.6 Å². The number of nitrogens with one attached hydrogen (secondary N) is 1. The van der Waals surface area contributed by atoms with Crippen LogP contribution in [0.1, 0.15) is 122 Å². The minimum absolute atomic E-state index is 0.0400. The molecule has 3 N–H and O–H groups in total. The third kappa shape index (κ3) is 11.8. The summed E-state index contributed by atoms with van der Waals surface area (Å²) in [5, 5.41) is 24.1. The van der Waals surface area contributed by atoms with E-state index in [1.54, 1.807) is 39.0 Å². The largest absolute Gasteiger partial charge is 0.499 e. The maximum Gasteiger partial charge on any atom is 0.327 e. The quantitative estimate of drug-likeness (QED) is 0.0656. The first kappa shape index (κ1) is 50.0. The van der Waals surface area contributed by atoms with E-state index in [4.69, 9.17) is 28.5 Å². The fraction of sp³-hybridized carbons (Fsp3) is 0.640. The number of amides is 2. The number of aliphatic hydroxyl groups excluding tert-OH is 2. The zero-order valence-corrected chi connectivity index (χ0v) is 39.1. The van der Waals surface area contributed by atoms with E-state index in [-0.39, 0.29) is 45.4 Å². The molecule has 2 aromatic rings. The number of likely N-dealkylation sites (N-methyl/N-ethyl adjacent to an activating group) is 1. The molecule has 0 radical (unpaired) electrons. The summed E-state index contributed by atoms with van der Waals surface area (Å²) in [5.41, 5.74) is 0.0700. The van der Waals surface area contributed by atoms with Crippen molar-refractivity contribution in [1.29, 1.82) is 0 Å². The molecule has 2 aromatic carbocycles. The summed E-state index contributed by atoms with van der Waals surface area (Å²) in [6.07, 6.45) is 7.22. The number of fused-ring (bicyclic) bond motifs is 4. The lowest BCUT2D eigenvalue weighted by molar-refractivity contribution is -0.225. The number of rotatable bonds is 24. The van der Waals surface area contributed by atoms with Gasteiger partial charge in [0.25, 0.3) is 0 Å². The minimum Gasteiger partial charge on any atom is -0.499 e. The number of hydroxylamine groups is 2. The molecule has 4 aliphatic rings. The Bertz CT molecular complexity index is 1930. The molecule has 3 heterocycles. The van der Waals surface area contributed by atoms with Crippen LogP contribution in [0.25, 0.3) is 6.08 Å². The molecule has 8 unspecified atom stereocenters. The number of carbonyl (C=O) groups is 4. The molecule has 1 aliphatic carbocycles. The Morgan fingerprint density at radius 1 is 0.969 bits per heavy atom. The highest BCUT2D eigenvalue weighted by Gasteiger charge is 2.76. The molecule has 1 saturated carbocycles. The number of benzene rings is 2. The Morgan fingerprint density at radius 3 is 2.31 bits per heavy atom. The van der Waals surface area contributed by atoms with Gasteiger partial charge in [-0.15, -0.1) is 0 Å². The second-order valence-electron chi connectivity index (χ2n) is 18.9. The van der Waals surface area contributed by atoms with Crippen molar-refractivity contribution in [1.82, 2.24) is 15.3 Å². The molecule has 0 aromatic heterocycles. The summed E-state index contributed by atoms with van der Waals surface area (Å²) in [6.45, 7) is 9.22. The predicted molar refractivity (Wildman–Crippen MR) is 241 cm³/mol. The van der Waals surface area contributed by atoms with E-state index in [1.165, 1.54) is 11.2 Å². The molecule has 3 aliphatic heterocycles. The van der Waals surface area contributed by atoms with Gasteiger partial charge in [-0.2, -0.15) is 5.06 Å². The number of nitrogens with zero attached hydrogens (tertiary/aromatic N) is 2. The van der Waals surface area contributed by atoms with Crippen LogP contribution in [0, 0.1) is 5.41 Å². The number of unbranched alkanes of at least 4 members (excludes halogenated alkanes) is 4. The minimum atomic E-state index is -1.57.